The van der Waals surface area contributed by atoms with Gasteiger partial charge in [0.2, 0.25) is 0 Å². The van der Waals surface area contributed by atoms with E-state index in [-0.39, 0.29) is 0 Å². The maximum Gasteiger partial charge on any atom is 0.135 e. The van der Waals surface area contributed by atoms with Crippen molar-refractivity contribution in [2.45, 2.75) is 26.7 Å². The average Bonchev–Trinajstić information content (AvgIpc) is 2.28. The highest BCUT2D eigenvalue weighted by Crippen LogP contribution is 2.27. The van der Waals surface area contributed by atoms with Gasteiger partial charge in [0, 0.05) is 18.3 Å². The van der Waals surface area contributed by atoms with Gasteiger partial charge in [-0.2, -0.15) is 0 Å². The second kappa shape index (κ2) is 6.79. The van der Waals surface area contributed by atoms with Crippen molar-refractivity contribution in [3.63, 3.8) is 0 Å². The molecule has 0 spiro atoms. The Bertz CT molecular complexity index is 328. The van der Waals surface area contributed by atoms with Crippen LogP contribution < -0.4 is 10.1 Å². The second-order valence-electron chi connectivity index (χ2n) is 4.12. The Labute approximate surface area is 107 Å². The first-order valence-electron chi connectivity index (χ1n) is 5.74. The largest absolute Gasteiger partial charge is 0.495 e. The van der Waals surface area contributed by atoms with Crippen LogP contribution in [-0.2, 0) is 0 Å². The molecule has 1 atom stereocenters. The van der Waals surface area contributed by atoms with Gasteiger partial charge in [0.05, 0.1) is 11.6 Å². The molecule has 0 saturated carbocycles. The van der Waals surface area contributed by atoms with E-state index in [0.717, 1.165) is 22.5 Å². The third kappa shape index (κ3) is 4.05. The van der Waals surface area contributed by atoms with Crippen molar-refractivity contribution in [1.29, 1.82) is 0 Å². The zero-order valence-electron chi connectivity index (χ0n) is 10.2. The summed E-state index contributed by atoms with van der Waals surface area (Å²) in [5, 5.41) is 3.43. The number of halogens is 1. The zero-order chi connectivity index (χ0) is 12.0. The lowest BCUT2D eigenvalue weighted by atomic mass is 10.1. The van der Waals surface area contributed by atoms with Crippen molar-refractivity contribution in [3.8, 4) is 5.75 Å². The van der Waals surface area contributed by atoms with Crippen LogP contribution in [0.15, 0.2) is 22.7 Å². The van der Waals surface area contributed by atoms with Gasteiger partial charge in [-0.15, -0.1) is 0 Å². The van der Waals surface area contributed by atoms with Crippen LogP contribution in [0.25, 0.3) is 0 Å². The predicted octanol–water partition coefficient (Wildman–Crippen LogP) is 4.31. The molecule has 0 heterocycles. The second-order valence-corrected chi connectivity index (χ2v) is 4.98. The van der Waals surface area contributed by atoms with Crippen LogP contribution in [-0.4, -0.2) is 13.7 Å². The van der Waals surface area contributed by atoms with Gasteiger partial charge >= 0.3 is 0 Å². The molecule has 0 bridgehead atoms. The summed E-state index contributed by atoms with van der Waals surface area (Å²) in [6.45, 7) is 5.50. The minimum Gasteiger partial charge on any atom is -0.495 e. The summed E-state index contributed by atoms with van der Waals surface area (Å²) >= 11 is 3.44. The highest BCUT2D eigenvalue weighted by atomic mass is 79.9. The van der Waals surface area contributed by atoms with Crippen molar-refractivity contribution < 1.29 is 4.74 Å². The molecule has 1 unspecified atom stereocenters. The van der Waals surface area contributed by atoms with Gasteiger partial charge in [-0.3, -0.25) is 0 Å². The Hall–Kier alpha value is -0.700. The van der Waals surface area contributed by atoms with Crippen LogP contribution in [0.1, 0.15) is 26.7 Å². The lowest BCUT2D eigenvalue weighted by molar-refractivity contribution is 0.412. The van der Waals surface area contributed by atoms with Crippen molar-refractivity contribution in [2.24, 2.45) is 5.92 Å². The lowest BCUT2D eigenvalue weighted by Crippen LogP contribution is -2.10. The topological polar surface area (TPSA) is 21.3 Å². The van der Waals surface area contributed by atoms with Crippen LogP contribution in [0.3, 0.4) is 0 Å². The minimum absolute atomic E-state index is 0.708. The summed E-state index contributed by atoms with van der Waals surface area (Å²) in [5.41, 5.74) is 1.11. The summed E-state index contributed by atoms with van der Waals surface area (Å²) < 4.78 is 6.24. The summed E-state index contributed by atoms with van der Waals surface area (Å²) in [6.07, 6.45) is 2.51. The highest BCUT2D eigenvalue weighted by molar-refractivity contribution is 9.10. The van der Waals surface area contributed by atoms with Crippen molar-refractivity contribution in [3.05, 3.63) is 22.7 Å². The van der Waals surface area contributed by atoms with Crippen LogP contribution >= 0.6 is 15.9 Å². The van der Waals surface area contributed by atoms with Gasteiger partial charge < -0.3 is 10.1 Å². The fraction of sp³-hybridized carbons (Fsp3) is 0.538. The zero-order valence-corrected chi connectivity index (χ0v) is 11.8. The van der Waals surface area contributed by atoms with E-state index in [0.29, 0.717) is 5.92 Å². The fourth-order valence-electron chi connectivity index (χ4n) is 1.66. The fourth-order valence-corrected chi connectivity index (χ4v) is 2.07. The van der Waals surface area contributed by atoms with E-state index in [9.17, 15) is 0 Å². The van der Waals surface area contributed by atoms with E-state index >= 15 is 0 Å². The standard InChI is InChI=1S/C13H20BrNO/c1-4-5-10(2)9-15-11-6-7-12(14)13(8-11)16-3/h6-8,10,15H,4-5,9H2,1-3H3. The van der Waals surface area contributed by atoms with Crippen molar-refractivity contribution >= 4 is 21.6 Å². The van der Waals surface area contributed by atoms with Gasteiger partial charge in [-0.1, -0.05) is 20.3 Å². The molecule has 0 fully saturated rings. The summed E-state index contributed by atoms with van der Waals surface area (Å²) in [5.74, 6) is 1.58. The first kappa shape index (κ1) is 13.4. The Balaban J connectivity index is 2.54. The molecule has 0 saturated heterocycles. The van der Waals surface area contributed by atoms with Gasteiger partial charge in [-0.25, -0.2) is 0 Å². The Morgan fingerprint density at radius 3 is 2.81 bits per heavy atom. The highest BCUT2D eigenvalue weighted by Gasteiger charge is 2.03. The lowest BCUT2D eigenvalue weighted by Gasteiger charge is -2.13. The number of hydrogen-bond donors (Lipinski definition) is 1. The molecule has 0 aliphatic heterocycles. The number of ether oxygens (including phenoxy) is 1. The number of hydrogen-bond acceptors (Lipinski definition) is 2. The maximum atomic E-state index is 5.25. The van der Waals surface area contributed by atoms with Gasteiger partial charge in [0.25, 0.3) is 0 Å². The molecular weight excluding hydrogens is 266 g/mol. The van der Waals surface area contributed by atoms with E-state index in [1.165, 1.54) is 12.8 Å². The molecule has 2 nitrogen and oxygen atoms in total. The molecule has 0 aliphatic rings. The van der Waals surface area contributed by atoms with Gasteiger partial charge in [0.1, 0.15) is 5.75 Å². The Kier molecular flexibility index (Phi) is 5.67. The van der Waals surface area contributed by atoms with Crippen molar-refractivity contribution in [2.75, 3.05) is 19.0 Å². The van der Waals surface area contributed by atoms with Crippen LogP contribution in [0.5, 0.6) is 5.75 Å². The molecule has 0 aromatic heterocycles. The van der Waals surface area contributed by atoms with E-state index in [2.05, 4.69) is 41.2 Å². The molecular formula is C13H20BrNO. The first-order chi connectivity index (χ1) is 7.67. The first-order valence-corrected chi connectivity index (χ1v) is 6.54. The van der Waals surface area contributed by atoms with Gasteiger partial charge in [-0.05, 0) is 40.4 Å². The molecule has 0 aliphatic carbocycles. The smallest absolute Gasteiger partial charge is 0.135 e. The van der Waals surface area contributed by atoms with E-state index < -0.39 is 0 Å². The predicted molar refractivity (Wildman–Crippen MR) is 73.3 cm³/mol. The summed E-state index contributed by atoms with van der Waals surface area (Å²) in [4.78, 5) is 0. The number of nitrogens with one attached hydrogen (secondary N) is 1. The van der Waals surface area contributed by atoms with Crippen molar-refractivity contribution in [1.82, 2.24) is 0 Å². The number of benzene rings is 1. The molecule has 90 valence electrons. The molecule has 1 rings (SSSR count). The van der Waals surface area contributed by atoms with Crippen LogP contribution in [0, 0.1) is 5.92 Å². The Morgan fingerprint density at radius 2 is 2.19 bits per heavy atom. The molecule has 16 heavy (non-hydrogen) atoms. The Morgan fingerprint density at radius 1 is 1.44 bits per heavy atom. The van der Waals surface area contributed by atoms with Crippen LogP contribution in [0.4, 0.5) is 5.69 Å². The monoisotopic (exact) mass is 285 g/mol. The molecule has 1 N–H and O–H groups in total. The third-order valence-electron chi connectivity index (χ3n) is 2.59. The normalized spacial score (nSPS) is 12.2. The maximum absolute atomic E-state index is 5.25. The van der Waals surface area contributed by atoms with E-state index in [1.54, 1.807) is 7.11 Å². The summed E-state index contributed by atoms with van der Waals surface area (Å²) in [6, 6.07) is 6.08. The number of methoxy groups -OCH3 is 1. The van der Waals surface area contributed by atoms with E-state index in [1.807, 2.05) is 12.1 Å². The quantitative estimate of drug-likeness (QED) is 0.841. The number of rotatable bonds is 6. The molecule has 1 aromatic carbocycles. The molecule has 0 amide bonds. The minimum atomic E-state index is 0.708. The molecule has 1 aromatic rings. The molecule has 3 heteroatoms. The third-order valence-corrected chi connectivity index (χ3v) is 3.24. The van der Waals surface area contributed by atoms with Crippen LogP contribution in [0.2, 0.25) is 0 Å². The number of anilines is 1. The molecule has 0 radical (unpaired) electrons. The average molecular weight is 286 g/mol. The SMILES string of the molecule is CCCC(C)CNc1ccc(Br)c(OC)c1. The van der Waals surface area contributed by atoms with E-state index in [4.69, 9.17) is 4.74 Å². The summed E-state index contributed by atoms with van der Waals surface area (Å²) in [7, 11) is 1.68. The van der Waals surface area contributed by atoms with Gasteiger partial charge in [0.15, 0.2) is 0 Å².